The number of ether oxygens (including phenoxy) is 4. The van der Waals surface area contributed by atoms with Crippen LogP contribution in [0.4, 0.5) is 9.59 Å². The molecule has 2 amide bonds. The van der Waals surface area contributed by atoms with Gasteiger partial charge < -0.3 is 44.3 Å². The molecule has 5 aromatic carbocycles. The minimum absolute atomic E-state index is 0.0840. The maximum absolute atomic E-state index is 13.1. The Hall–Kier alpha value is -6.08. The van der Waals surface area contributed by atoms with Crippen LogP contribution in [0.5, 0.6) is 17.2 Å². The topological polar surface area (TPSA) is 158 Å². The second-order valence-electron chi connectivity index (χ2n) is 28.2. The van der Waals surface area contributed by atoms with Gasteiger partial charge in [-0.15, -0.1) is 0 Å². The summed E-state index contributed by atoms with van der Waals surface area (Å²) in [5.41, 5.74) is 3.89. The van der Waals surface area contributed by atoms with Crippen LogP contribution in [0.3, 0.4) is 0 Å². The Labute approximate surface area is 548 Å². The summed E-state index contributed by atoms with van der Waals surface area (Å²) in [7, 11) is 0. The quantitative estimate of drug-likeness (QED) is 0.0591. The molecule has 0 bridgehead atoms. The lowest BCUT2D eigenvalue weighted by molar-refractivity contribution is -0.0368. The summed E-state index contributed by atoms with van der Waals surface area (Å²) >= 11 is 0. The number of likely N-dealkylation sites (tertiary alicyclic amines) is 2. The van der Waals surface area contributed by atoms with Crippen molar-refractivity contribution >= 4 is 12.2 Å². The highest BCUT2D eigenvalue weighted by Gasteiger charge is 2.41. The number of rotatable bonds is 20. The van der Waals surface area contributed by atoms with E-state index >= 15 is 0 Å². The lowest BCUT2D eigenvalue weighted by atomic mass is 9.76. The van der Waals surface area contributed by atoms with Crippen LogP contribution >= 0.6 is 0 Å². The number of nitrogens with zero attached hydrogens (tertiary/aromatic N) is 2. The molecule has 0 radical (unpaired) electrons. The van der Waals surface area contributed by atoms with E-state index in [1.54, 1.807) is 23.1 Å². The van der Waals surface area contributed by atoms with Crippen molar-refractivity contribution in [2.45, 2.75) is 271 Å². The monoisotopic (exact) mass is 1250 g/mol. The van der Waals surface area contributed by atoms with Crippen molar-refractivity contribution in [3.8, 4) is 17.2 Å². The number of phenols is 1. The van der Waals surface area contributed by atoms with Crippen LogP contribution in [0.15, 0.2) is 133 Å². The maximum atomic E-state index is 13.1. The normalized spacial score (nSPS) is 22.0. The van der Waals surface area contributed by atoms with E-state index in [1.807, 2.05) is 150 Å². The van der Waals surface area contributed by atoms with Crippen LogP contribution in [-0.4, -0.2) is 78.3 Å². The summed E-state index contributed by atoms with van der Waals surface area (Å²) in [5, 5.41) is 42.2. The molecule has 2 saturated heterocycles. The van der Waals surface area contributed by atoms with E-state index in [2.05, 4.69) is 39.8 Å². The number of hydrogen-bond donors (Lipinski definition) is 4. The van der Waals surface area contributed by atoms with Crippen LogP contribution in [-0.2, 0) is 22.7 Å². The predicted octanol–water partition coefficient (Wildman–Crippen LogP) is 19.8. The molecule has 9 rings (SSSR count). The van der Waals surface area contributed by atoms with E-state index in [-0.39, 0.29) is 41.7 Å². The first-order valence-corrected chi connectivity index (χ1v) is 35.1. The number of hydrogen-bond acceptors (Lipinski definition) is 10. The molecule has 12 heteroatoms. The smallest absolute Gasteiger partial charge is 0.410 e. The zero-order valence-corrected chi connectivity index (χ0v) is 57.3. The fourth-order valence-corrected chi connectivity index (χ4v) is 13.9. The predicted molar refractivity (Wildman–Crippen MR) is 368 cm³/mol. The summed E-state index contributed by atoms with van der Waals surface area (Å²) in [5.74, 6) is 4.09. The first kappa shape index (κ1) is 74.0. The van der Waals surface area contributed by atoms with Gasteiger partial charge in [-0.3, -0.25) is 4.90 Å². The van der Waals surface area contributed by atoms with E-state index in [0.717, 1.165) is 135 Å². The third kappa shape index (κ3) is 25.4. The van der Waals surface area contributed by atoms with Crippen LogP contribution < -0.4 is 9.47 Å². The molecule has 2 aliphatic carbocycles. The number of carbonyl (C=O) groups is 2. The fraction of sp³-hybridized carbons (Fsp3) is 0.595. The van der Waals surface area contributed by atoms with Crippen molar-refractivity contribution in [1.82, 2.24) is 9.80 Å². The highest BCUT2D eigenvalue weighted by Crippen LogP contribution is 2.42. The number of aliphatic hydroxyl groups excluding tert-OH is 3. The van der Waals surface area contributed by atoms with Crippen molar-refractivity contribution in [3.63, 3.8) is 0 Å². The molecule has 0 unspecified atom stereocenters. The summed E-state index contributed by atoms with van der Waals surface area (Å²) in [6, 6.07) is 43.0. The minimum atomic E-state index is -0.803. The van der Waals surface area contributed by atoms with Crippen LogP contribution in [0.1, 0.15) is 257 Å². The molecule has 91 heavy (non-hydrogen) atoms. The van der Waals surface area contributed by atoms with Crippen molar-refractivity contribution in [2.75, 3.05) is 6.54 Å². The maximum Gasteiger partial charge on any atom is 0.410 e. The Bertz CT molecular complexity index is 2830. The van der Waals surface area contributed by atoms with Crippen molar-refractivity contribution in [2.24, 2.45) is 23.7 Å². The average Bonchev–Trinajstić information content (AvgIpc) is 2.01. The molecule has 0 spiro atoms. The van der Waals surface area contributed by atoms with Gasteiger partial charge in [-0.05, 0) is 206 Å². The number of benzene rings is 5. The number of aromatic hydroxyl groups is 1. The Kier molecular flexibility index (Phi) is 31.0. The highest BCUT2D eigenvalue weighted by atomic mass is 16.6. The van der Waals surface area contributed by atoms with Crippen molar-refractivity contribution in [3.05, 3.63) is 161 Å². The number of amides is 2. The van der Waals surface area contributed by atoms with Gasteiger partial charge in [0.1, 0.15) is 41.7 Å². The number of carbonyl (C=O) groups excluding carboxylic acids is 2. The van der Waals surface area contributed by atoms with Gasteiger partial charge in [0, 0.05) is 18.6 Å². The van der Waals surface area contributed by atoms with Gasteiger partial charge in [-0.25, -0.2) is 9.59 Å². The number of piperidine rings is 2. The van der Waals surface area contributed by atoms with Crippen molar-refractivity contribution in [1.29, 1.82) is 0 Å². The second kappa shape index (κ2) is 38.2. The highest BCUT2D eigenvalue weighted by molar-refractivity contribution is 5.69. The minimum Gasteiger partial charge on any atom is -0.508 e. The fourth-order valence-electron chi connectivity index (χ4n) is 13.9. The van der Waals surface area contributed by atoms with Gasteiger partial charge in [0.25, 0.3) is 0 Å². The molecule has 4 fully saturated rings. The summed E-state index contributed by atoms with van der Waals surface area (Å²) in [6.07, 6.45) is 22.9. The molecule has 10 atom stereocenters. The Morgan fingerprint density at radius 3 is 1.40 bits per heavy atom. The van der Waals surface area contributed by atoms with E-state index in [4.69, 9.17) is 18.9 Å². The zero-order chi connectivity index (χ0) is 65.8. The third-order valence-corrected chi connectivity index (χ3v) is 18.3. The Morgan fingerprint density at radius 1 is 0.473 bits per heavy atom. The van der Waals surface area contributed by atoms with Crippen LogP contribution in [0.2, 0.25) is 0 Å². The lowest BCUT2D eigenvalue weighted by Gasteiger charge is -2.44. The standard InChI is InChI=1S/C27H37NO4.C23H30O2.C16H24O2.C13H25NO2/c1-5-11-22-15-10-17-24(28(22)26(30)32-27(2,3)4)25(29)21-14-9-16-23(18-21)31-19-20-12-7-6-8-13-20;1-2-8-18-11-6-12-20(15-18)23(24)21-13-7-14-22(16-21)25-17-19-9-4-3-5-10-19;1-2-5-12-6-3-7-13(10-12)16(18)14-8-4-9-15(17)11-14;1-5-8-11-9-6-7-10-14(11)12(15)16-13(2,3)4/h6-9,12-14,16,18,22,24-25,29H,5,10-11,15,17,19H2,1-4H3;3-5,7,9-10,13-14,16,18,20,23-24H,2,6,8,11-12,15,17H2,1H3;4,8-9,11-13,16-18H,2-3,5-7,10H2,1H3;11H,5-10H2,1-4H3/t22-,24-,25+;18-,20+,23-;12-,13+,16-;11-/m1110/s1. The molecular weight excluding hydrogens is 1140 g/mol. The molecule has 2 saturated carbocycles. The van der Waals surface area contributed by atoms with Crippen LogP contribution in [0, 0.1) is 23.7 Å². The molecule has 4 aliphatic rings. The van der Waals surface area contributed by atoms with Gasteiger partial charge in [0.2, 0.25) is 0 Å². The van der Waals surface area contributed by atoms with Gasteiger partial charge in [0.15, 0.2) is 0 Å². The summed E-state index contributed by atoms with van der Waals surface area (Å²) in [6.45, 7) is 22.1. The number of aliphatic hydroxyl groups is 3. The molecular formula is C79H116N2O10. The average molecular weight is 1250 g/mol. The summed E-state index contributed by atoms with van der Waals surface area (Å²) in [4.78, 5) is 28.9. The number of phenolic OH excluding ortho intramolecular Hbond substituents is 1. The first-order chi connectivity index (χ1) is 43.7. The lowest BCUT2D eigenvalue weighted by Crippen LogP contribution is -2.53. The SMILES string of the molecule is CCC[C@@H]1CCC[C@H]([C@@H](O)c2cccc(O)c2)C1.CCC[C@@H]1CCC[C@H]([C@@H](O)c2cccc(OCc3ccccc3)c2)C1.CCC[C@@H]1CCC[C@H]([C@@H](O)c2cccc(OCc3ccccc3)c2)N1C(=O)OC(C)(C)C.CCC[C@H]1CCCCN1C(=O)OC(C)(C)C. The van der Waals surface area contributed by atoms with Crippen LogP contribution in [0.25, 0.3) is 0 Å². The van der Waals surface area contributed by atoms with E-state index in [0.29, 0.717) is 36.8 Å². The Morgan fingerprint density at radius 2 is 0.912 bits per heavy atom. The molecule has 2 heterocycles. The molecule has 12 nitrogen and oxygen atoms in total. The van der Waals surface area contributed by atoms with Crippen molar-refractivity contribution < 1.29 is 49.0 Å². The van der Waals surface area contributed by atoms with Gasteiger partial charge in [-0.2, -0.15) is 0 Å². The van der Waals surface area contributed by atoms with E-state index < -0.39 is 17.8 Å². The van der Waals surface area contributed by atoms with E-state index in [9.17, 15) is 30.0 Å². The van der Waals surface area contributed by atoms with E-state index in [1.165, 1.54) is 57.8 Å². The summed E-state index contributed by atoms with van der Waals surface area (Å²) < 4.78 is 23.0. The third-order valence-electron chi connectivity index (χ3n) is 18.3. The largest absolute Gasteiger partial charge is 0.508 e. The Balaban J connectivity index is 0.000000200. The van der Waals surface area contributed by atoms with Gasteiger partial charge in [-0.1, -0.05) is 189 Å². The van der Waals surface area contributed by atoms with Gasteiger partial charge in [0.05, 0.1) is 24.4 Å². The molecule has 2 aliphatic heterocycles. The molecule has 502 valence electrons. The van der Waals surface area contributed by atoms with Gasteiger partial charge >= 0.3 is 12.2 Å². The second-order valence-corrected chi connectivity index (χ2v) is 28.2. The first-order valence-electron chi connectivity index (χ1n) is 35.1. The molecule has 0 aromatic heterocycles. The molecule has 4 N–H and O–H groups in total. The zero-order valence-electron chi connectivity index (χ0n) is 57.3. The molecule has 5 aromatic rings.